The number of rotatable bonds is 8. The molecule has 146 valence electrons. The Morgan fingerprint density at radius 2 is 1.56 bits per heavy atom. The highest BCUT2D eigenvalue weighted by Gasteiger charge is 2.22. The first-order valence-corrected chi connectivity index (χ1v) is 11.1. The number of aryl methyl sites for hydroxylation is 1. The standard InChI is InChI=1S/C26H35F/c1-3-5-7-20-9-12-22(13-10-20)23-14-16-24(17-15-23)25-18-11-21(8-6-4-2)19-26(25)27/h11,14-20,22H,3-10,12-13H2,1-2H3. The van der Waals surface area contributed by atoms with Gasteiger partial charge in [-0.15, -0.1) is 0 Å². The van der Waals surface area contributed by atoms with E-state index in [9.17, 15) is 4.39 Å². The van der Waals surface area contributed by atoms with Crippen molar-refractivity contribution in [3.05, 3.63) is 59.4 Å². The van der Waals surface area contributed by atoms with E-state index in [-0.39, 0.29) is 5.82 Å². The van der Waals surface area contributed by atoms with Gasteiger partial charge in [0.25, 0.3) is 0 Å². The second-order valence-electron chi connectivity index (χ2n) is 8.40. The van der Waals surface area contributed by atoms with Crippen LogP contribution in [0.3, 0.4) is 0 Å². The molecule has 0 atom stereocenters. The van der Waals surface area contributed by atoms with Crippen molar-refractivity contribution in [2.45, 2.75) is 84.0 Å². The zero-order valence-corrected chi connectivity index (χ0v) is 17.1. The average molecular weight is 367 g/mol. The first-order chi connectivity index (χ1) is 13.2. The third-order valence-corrected chi connectivity index (χ3v) is 6.36. The predicted molar refractivity (Wildman–Crippen MR) is 115 cm³/mol. The van der Waals surface area contributed by atoms with Crippen molar-refractivity contribution < 1.29 is 4.39 Å². The maximum atomic E-state index is 14.6. The van der Waals surface area contributed by atoms with Crippen LogP contribution in [0.4, 0.5) is 4.39 Å². The summed E-state index contributed by atoms with van der Waals surface area (Å²) in [6, 6.07) is 14.4. The number of hydrogen-bond donors (Lipinski definition) is 0. The van der Waals surface area contributed by atoms with E-state index in [4.69, 9.17) is 0 Å². The molecule has 0 saturated heterocycles. The molecule has 1 aliphatic rings. The monoisotopic (exact) mass is 366 g/mol. The highest BCUT2D eigenvalue weighted by molar-refractivity contribution is 5.65. The van der Waals surface area contributed by atoms with Crippen molar-refractivity contribution in [2.24, 2.45) is 5.92 Å². The summed E-state index contributed by atoms with van der Waals surface area (Å²) in [4.78, 5) is 0. The Kier molecular flexibility index (Phi) is 7.50. The third kappa shape index (κ3) is 5.43. The van der Waals surface area contributed by atoms with E-state index < -0.39 is 0 Å². The van der Waals surface area contributed by atoms with Gasteiger partial charge in [0, 0.05) is 5.56 Å². The molecule has 3 rings (SSSR count). The summed E-state index contributed by atoms with van der Waals surface area (Å²) in [6.45, 7) is 4.46. The van der Waals surface area contributed by atoms with Crippen LogP contribution in [0.25, 0.3) is 11.1 Å². The minimum Gasteiger partial charge on any atom is -0.206 e. The molecule has 0 bridgehead atoms. The van der Waals surface area contributed by atoms with Crippen LogP contribution in [0.1, 0.15) is 88.7 Å². The van der Waals surface area contributed by atoms with Gasteiger partial charge < -0.3 is 0 Å². The topological polar surface area (TPSA) is 0 Å². The van der Waals surface area contributed by atoms with Crippen LogP contribution in [0, 0.1) is 11.7 Å². The second-order valence-corrected chi connectivity index (χ2v) is 8.40. The van der Waals surface area contributed by atoms with Gasteiger partial charge in [0.2, 0.25) is 0 Å². The number of halogens is 1. The predicted octanol–water partition coefficient (Wildman–Crippen LogP) is 8.30. The van der Waals surface area contributed by atoms with Gasteiger partial charge >= 0.3 is 0 Å². The normalized spacial score (nSPS) is 20.0. The van der Waals surface area contributed by atoms with E-state index in [0.29, 0.717) is 5.92 Å². The zero-order valence-electron chi connectivity index (χ0n) is 17.1. The van der Waals surface area contributed by atoms with Crippen molar-refractivity contribution in [3.63, 3.8) is 0 Å². The van der Waals surface area contributed by atoms with Gasteiger partial charge in [-0.05, 0) is 73.1 Å². The van der Waals surface area contributed by atoms with E-state index in [0.717, 1.165) is 41.9 Å². The van der Waals surface area contributed by atoms with Gasteiger partial charge in [0.15, 0.2) is 0 Å². The first kappa shape index (κ1) is 20.1. The molecule has 0 unspecified atom stereocenters. The van der Waals surface area contributed by atoms with E-state index in [2.05, 4.69) is 44.2 Å². The Morgan fingerprint density at radius 1 is 0.852 bits per heavy atom. The van der Waals surface area contributed by atoms with Gasteiger partial charge in [0.05, 0.1) is 0 Å². The van der Waals surface area contributed by atoms with E-state index in [1.165, 1.54) is 50.5 Å². The highest BCUT2D eigenvalue weighted by Crippen LogP contribution is 2.38. The summed E-state index contributed by atoms with van der Waals surface area (Å²) < 4.78 is 14.6. The van der Waals surface area contributed by atoms with Gasteiger partial charge in [-0.2, -0.15) is 0 Å². The van der Waals surface area contributed by atoms with Gasteiger partial charge in [-0.25, -0.2) is 4.39 Å². The van der Waals surface area contributed by atoms with Crippen LogP contribution in [0.2, 0.25) is 0 Å². The summed E-state index contributed by atoms with van der Waals surface area (Å²) in [5.74, 6) is 1.55. The number of benzene rings is 2. The van der Waals surface area contributed by atoms with E-state index >= 15 is 0 Å². The smallest absolute Gasteiger partial charge is 0.131 e. The molecule has 0 nitrogen and oxygen atoms in total. The molecular formula is C26H35F. The maximum Gasteiger partial charge on any atom is 0.131 e. The van der Waals surface area contributed by atoms with Crippen molar-refractivity contribution in [2.75, 3.05) is 0 Å². The van der Waals surface area contributed by atoms with Crippen molar-refractivity contribution in [3.8, 4) is 11.1 Å². The van der Waals surface area contributed by atoms with Crippen molar-refractivity contribution in [1.29, 1.82) is 0 Å². The molecule has 0 aliphatic heterocycles. The van der Waals surface area contributed by atoms with E-state index in [1.54, 1.807) is 6.07 Å². The summed E-state index contributed by atoms with van der Waals surface area (Å²) in [5.41, 5.74) is 4.27. The Hall–Kier alpha value is -1.63. The Morgan fingerprint density at radius 3 is 2.19 bits per heavy atom. The summed E-state index contributed by atoms with van der Waals surface area (Å²) in [5, 5.41) is 0. The average Bonchev–Trinajstić information content (AvgIpc) is 2.71. The lowest BCUT2D eigenvalue weighted by Crippen LogP contribution is -2.13. The molecule has 27 heavy (non-hydrogen) atoms. The number of unbranched alkanes of at least 4 members (excludes halogenated alkanes) is 2. The molecule has 2 aromatic rings. The third-order valence-electron chi connectivity index (χ3n) is 6.36. The molecule has 0 amide bonds. The SMILES string of the molecule is CCCCc1ccc(-c2ccc(C3CCC(CCCC)CC3)cc2)c(F)c1. The van der Waals surface area contributed by atoms with Crippen LogP contribution in [-0.4, -0.2) is 0 Å². The van der Waals surface area contributed by atoms with Crippen LogP contribution in [-0.2, 0) is 6.42 Å². The zero-order chi connectivity index (χ0) is 19.1. The van der Waals surface area contributed by atoms with Crippen LogP contribution >= 0.6 is 0 Å². The fourth-order valence-corrected chi connectivity index (χ4v) is 4.54. The lowest BCUT2D eigenvalue weighted by Gasteiger charge is -2.29. The molecule has 0 aromatic heterocycles. The molecule has 2 aromatic carbocycles. The molecular weight excluding hydrogens is 331 g/mol. The van der Waals surface area contributed by atoms with Crippen LogP contribution < -0.4 is 0 Å². The summed E-state index contributed by atoms with van der Waals surface area (Å²) in [6.07, 6.45) is 12.7. The summed E-state index contributed by atoms with van der Waals surface area (Å²) >= 11 is 0. The lowest BCUT2D eigenvalue weighted by atomic mass is 9.77. The molecule has 0 heterocycles. The largest absolute Gasteiger partial charge is 0.206 e. The molecule has 0 spiro atoms. The minimum atomic E-state index is -0.0900. The second kappa shape index (κ2) is 10.1. The molecule has 1 heteroatoms. The maximum absolute atomic E-state index is 14.6. The highest BCUT2D eigenvalue weighted by atomic mass is 19.1. The fraction of sp³-hybridized carbons (Fsp3) is 0.538. The summed E-state index contributed by atoms with van der Waals surface area (Å²) in [7, 11) is 0. The Labute approximate surface area is 165 Å². The van der Waals surface area contributed by atoms with Gasteiger partial charge in [-0.3, -0.25) is 0 Å². The van der Waals surface area contributed by atoms with Crippen molar-refractivity contribution >= 4 is 0 Å². The minimum absolute atomic E-state index is 0.0900. The Balaban J connectivity index is 1.62. The van der Waals surface area contributed by atoms with Gasteiger partial charge in [-0.1, -0.05) is 75.9 Å². The van der Waals surface area contributed by atoms with Crippen LogP contribution in [0.15, 0.2) is 42.5 Å². The van der Waals surface area contributed by atoms with Gasteiger partial charge in [0.1, 0.15) is 5.82 Å². The molecule has 1 aliphatic carbocycles. The fourth-order valence-electron chi connectivity index (χ4n) is 4.54. The molecule has 1 fully saturated rings. The Bertz CT molecular complexity index is 693. The van der Waals surface area contributed by atoms with Crippen molar-refractivity contribution in [1.82, 2.24) is 0 Å². The lowest BCUT2D eigenvalue weighted by molar-refractivity contribution is 0.304. The molecule has 0 N–H and O–H groups in total. The first-order valence-electron chi connectivity index (χ1n) is 11.1. The number of hydrogen-bond acceptors (Lipinski definition) is 0. The molecule has 1 saturated carbocycles. The van der Waals surface area contributed by atoms with E-state index in [1.807, 2.05) is 6.07 Å². The molecule has 0 radical (unpaired) electrons. The quantitative estimate of drug-likeness (QED) is 0.441. The van der Waals surface area contributed by atoms with Crippen LogP contribution in [0.5, 0.6) is 0 Å².